The van der Waals surface area contributed by atoms with Crippen LogP contribution in [0.25, 0.3) is 0 Å². The summed E-state index contributed by atoms with van der Waals surface area (Å²) in [6, 6.07) is 8.87. The molecule has 22 heavy (non-hydrogen) atoms. The maximum atomic E-state index is 11.3. The van der Waals surface area contributed by atoms with Gasteiger partial charge in [0.1, 0.15) is 12.4 Å². The smallest absolute Gasteiger partial charge is 0.217 e. The summed E-state index contributed by atoms with van der Waals surface area (Å²) in [5.41, 5.74) is 1.08. The average molecular weight is 300 g/mol. The van der Waals surface area contributed by atoms with E-state index >= 15 is 0 Å². The first-order valence-corrected chi connectivity index (χ1v) is 8.41. The summed E-state index contributed by atoms with van der Waals surface area (Å²) < 4.78 is 5.90. The summed E-state index contributed by atoms with van der Waals surface area (Å²) in [5.74, 6) is 1.94. The molecule has 1 N–H and O–H groups in total. The van der Waals surface area contributed by atoms with Gasteiger partial charge in [-0.1, -0.05) is 12.1 Å². The van der Waals surface area contributed by atoms with Crippen LogP contribution in [0, 0.1) is 5.92 Å². The molecule has 4 rings (SSSR count). The van der Waals surface area contributed by atoms with Crippen molar-refractivity contribution >= 4 is 5.91 Å². The fourth-order valence-corrected chi connectivity index (χ4v) is 3.25. The molecule has 1 aliphatic heterocycles. The Morgan fingerprint density at radius 3 is 2.64 bits per heavy atom. The molecular formula is C18H24N2O2. The van der Waals surface area contributed by atoms with Gasteiger partial charge in [-0.3, -0.25) is 9.69 Å². The first kappa shape index (κ1) is 14.1. The Hall–Kier alpha value is -1.55. The summed E-state index contributed by atoms with van der Waals surface area (Å²) in [4.78, 5) is 13.8. The fourth-order valence-electron chi connectivity index (χ4n) is 3.25. The zero-order valence-corrected chi connectivity index (χ0v) is 13.2. The predicted molar refractivity (Wildman–Crippen MR) is 84.8 cm³/mol. The van der Waals surface area contributed by atoms with Crippen LogP contribution in [0.4, 0.5) is 0 Å². The van der Waals surface area contributed by atoms with E-state index in [0.717, 1.165) is 31.1 Å². The Kier molecular flexibility index (Phi) is 3.37. The van der Waals surface area contributed by atoms with Crippen molar-refractivity contribution in [1.29, 1.82) is 0 Å². The normalized spacial score (nSPS) is 28.0. The maximum Gasteiger partial charge on any atom is 0.217 e. The van der Waals surface area contributed by atoms with Gasteiger partial charge in [0.15, 0.2) is 0 Å². The van der Waals surface area contributed by atoms with E-state index < -0.39 is 0 Å². The average Bonchev–Trinajstić information content (AvgIpc) is 3.34. The molecule has 2 aliphatic carbocycles. The Morgan fingerprint density at radius 1 is 1.32 bits per heavy atom. The first-order valence-electron chi connectivity index (χ1n) is 8.41. The number of amides is 1. The number of rotatable bonds is 7. The number of nitrogens with one attached hydrogen (secondary N) is 1. The van der Waals surface area contributed by atoms with Crippen molar-refractivity contribution in [2.75, 3.05) is 19.7 Å². The van der Waals surface area contributed by atoms with E-state index in [4.69, 9.17) is 4.74 Å². The third kappa shape index (κ3) is 3.12. The van der Waals surface area contributed by atoms with Crippen LogP contribution < -0.4 is 10.1 Å². The lowest BCUT2D eigenvalue weighted by Gasteiger charge is -2.17. The van der Waals surface area contributed by atoms with Crippen LogP contribution >= 0.6 is 0 Å². The minimum absolute atomic E-state index is 0.0438. The largest absolute Gasteiger partial charge is 0.492 e. The van der Waals surface area contributed by atoms with Crippen LogP contribution in [-0.4, -0.2) is 36.5 Å². The van der Waals surface area contributed by atoms with Gasteiger partial charge in [0.25, 0.3) is 0 Å². The SMILES string of the molecule is CC(=O)NC1(c2ccc(OCC3CN3CC3CC3)cc2)CC1. The van der Waals surface area contributed by atoms with Gasteiger partial charge in [-0.25, -0.2) is 0 Å². The van der Waals surface area contributed by atoms with Crippen molar-refractivity contribution < 1.29 is 9.53 Å². The quantitative estimate of drug-likeness (QED) is 0.786. The number of hydrogen-bond acceptors (Lipinski definition) is 3. The van der Waals surface area contributed by atoms with Gasteiger partial charge >= 0.3 is 0 Å². The van der Waals surface area contributed by atoms with Gasteiger partial charge in [-0.2, -0.15) is 0 Å². The highest BCUT2D eigenvalue weighted by atomic mass is 16.5. The number of carbonyl (C=O) groups excluding carboxylic acids is 1. The summed E-state index contributed by atoms with van der Waals surface area (Å²) in [7, 11) is 0. The van der Waals surface area contributed by atoms with Gasteiger partial charge in [0.05, 0.1) is 11.6 Å². The molecule has 0 spiro atoms. The van der Waals surface area contributed by atoms with Crippen LogP contribution in [0.1, 0.15) is 38.2 Å². The van der Waals surface area contributed by atoms with E-state index in [2.05, 4.69) is 22.3 Å². The third-order valence-electron chi connectivity index (χ3n) is 5.03. The lowest BCUT2D eigenvalue weighted by Crippen LogP contribution is -2.32. The van der Waals surface area contributed by atoms with Crippen LogP contribution in [-0.2, 0) is 10.3 Å². The third-order valence-corrected chi connectivity index (χ3v) is 5.03. The van der Waals surface area contributed by atoms with Crippen molar-refractivity contribution in [3.05, 3.63) is 29.8 Å². The summed E-state index contributed by atoms with van der Waals surface area (Å²) in [6.45, 7) is 4.84. The highest BCUT2D eigenvalue weighted by molar-refractivity contribution is 5.74. The molecule has 0 aromatic heterocycles. The second kappa shape index (κ2) is 5.27. The molecule has 1 aromatic rings. The van der Waals surface area contributed by atoms with E-state index in [-0.39, 0.29) is 11.4 Å². The summed E-state index contributed by atoms with van der Waals surface area (Å²) in [5, 5.41) is 3.07. The summed E-state index contributed by atoms with van der Waals surface area (Å²) >= 11 is 0. The first-order chi connectivity index (χ1) is 10.6. The fraction of sp³-hybridized carbons (Fsp3) is 0.611. The molecule has 1 amide bonds. The Morgan fingerprint density at radius 2 is 2.05 bits per heavy atom. The van der Waals surface area contributed by atoms with Gasteiger partial charge in [-0.05, 0) is 49.3 Å². The number of ether oxygens (including phenoxy) is 1. The van der Waals surface area contributed by atoms with Crippen LogP contribution in [0.2, 0.25) is 0 Å². The number of carbonyl (C=O) groups is 1. The van der Waals surface area contributed by atoms with Crippen molar-refractivity contribution in [3.8, 4) is 5.75 Å². The van der Waals surface area contributed by atoms with E-state index in [9.17, 15) is 4.79 Å². The second-order valence-electron chi connectivity index (χ2n) is 7.15. The highest BCUT2D eigenvalue weighted by Crippen LogP contribution is 2.45. The molecule has 1 heterocycles. The minimum atomic E-state index is -0.109. The van der Waals surface area contributed by atoms with E-state index in [1.165, 1.54) is 31.5 Å². The van der Waals surface area contributed by atoms with E-state index in [0.29, 0.717) is 6.04 Å². The standard InChI is InChI=1S/C18H24N2O2/c1-13(21)19-18(8-9-18)15-4-6-17(7-5-15)22-12-16-11-20(16)10-14-2-3-14/h4-7,14,16H,2-3,8-12H2,1H3,(H,19,21). The lowest BCUT2D eigenvalue weighted by molar-refractivity contribution is -0.120. The number of benzene rings is 1. The summed E-state index contributed by atoms with van der Waals surface area (Å²) in [6.07, 6.45) is 4.90. The molecule has 2 unspecified atom stereocenters. The Labute approximate surface area is 131 Å². The molecule has 2 saturated carbocycles. The molecule has 0 radical (unpaired) electrons. The number of hydrogen-bond donors (Lipinski definition) is 1. The highest BCUT2D eigenvalue weighted by Gasteiger charge is 2.45. The second-order valence-corrected chi connectivity index (χ2v) is 7.15. The van der Waals surface area contributed by atoms with E-state index in [1.807, 2.05) is 12.1 Å². The van der Waals surface area contributed by atoms with Crippen LogP contribution in [0.5, 0.6) is 5.75 Å². The van der Waals surface area contributed by atoms with Gasteiger partial charge < -0.3 is 10.1 Å². The van der Waals surface area contributed by atoms with Crippen LogP contribution in [0.3, 0.4) is 0 Å². The molecule has 1 aromatic carbocycles. The van der Waals surface area contributed by atoms with E-state index in [1.54, 1.807) is 6.92 Å². The Bertz CT molecular complexity index is 561. The molecule has 3 fully saturated rings. The van der Waals surface area contributed by atoms with Crippen molar-refractivity contribution in [2.24, 2.45) is 5.92 Å². The molecule has 4 heteroatoms. The van der Waals surface area contributed by atoms with Gasteiger partial charge in [-0.15, -0.1) is 0 Å². The molecule has 2 atom stereocenters. The minimum Gasteiger partial charge on any atom is -0.492 e. The zero-order valence-electron chi connectivity index (χ0n) is 13.2. The maximum absolute atomic E-state index is 11.3. The molecule has 1 saturated heterocycles. The Balaban J connectivity index is 1.28. The molecule has 0 bridgehead atoms. The molecule has 4 nitrogen and oxygen atoms in total. The lowest BCUT2D eigenvalue weighted by atomic mass is 10.0. The molecule has 3 aliphatic rings. The topological polar surface area (TPSA) is 41.3 Å². The molecular weight excluding hydrogens is 276 g/mol. The number of nitrogens with zero attached hydrogens (tertiary/aromatic N) is 1. The monoisotopic (exact) mass is 300 g/mol. The predicted octanol–water partition coefficient (Wildman–Crippen LogP) is 2.28. The van der Waals surface area contributed by atoms with Crippen molar-refractivity contribution in [2.45, 2.75) is 44.2 Å². The van der Waals surface area contributed by atoms with Gasteiger partial charge in [0.2, 0.25) is 5.91 Å². The van der Waals surface area contributed by atoms with Crippen molar-refractivity contribution in [1.82, 2.24) is 10.2 Å². The van der Waals surface area contributed by atoms with Crippen LogP contribution in [0.15, 0.2) is 24.3 Å². The van der Waals surface area contributed by atoms with Gasteiger partial charge in [0, 0.05) is 20.0 Å². The van der Waals surface area contributed by atoms with Crippen molar-refractivity contribution in [3.63, 3.8) is 0 Å². The molecule has 118 valence electrons. The zero-order chi connectivity index (χ0) is 15.2.